The van der Waals surface area contributed by atoms with E-state index in [4.69, 9.17) is 0 Å². The van der Waals surface area contributed by atoms with E-state index in [9.17, 15) is 18.4 Å². The molecule has 0 radical (unpaired) electrons. The van der Waals surface area contributed by atoms with E-state index < -0.39 is 12.6 Å². The molecule has 0 spiro atoms. The molecule has 1 aromatic carbocycles. The summed E-state index contributed by atoms with van der Waals surface area (Å²) in [5.41, 5.74) is 6.71. The molecule has 1 aromatic heterocycles. The van der Waals surface area contributed by atoms with Gasteiger partial charge in [-0.05, 0) is 62.2 Å². The molecule has 0 N–H and O–H groups in total. The molecule has 2 aromatic rings. The van der Waals surface area contributed by atoms with Crippen LogP contribution >= 0.6 is 0 Å². The lowest BCUT2D eigenvalue weighted by molar-refractivity contribution is -0.134. The van der Waals surface area contributed by atoms with Gasteiger partial charge >= 0.3 is 6.18 Å². The van der Waals surface area contributed by atoms with Gasteiger partial charge in [-0.2, -0.15) is 18.4 Å². The number of fused-ring (bicyclic) bond motifs is 1. The molecular formula is C26H32F3N5. The van der Waals surface area contributed by atoms with Crippen LogP contribution in [0.15, 0.2) is 23.9 Å². The highest BCUT2D eigenvalue weighted by atomic mass is 19.4. The van der Waals surface area contributed by atoms with Crippen LogP contribution in [0.1, 0.15) is 59.1 Å². The third-order valence-electron chi connectivity index (χ3n) is 6.94. The predicted octanol–water partition coefficient (Wildman–Crippen LogP) is 5.05. The summed E-state index contributed by atoms with van der Waals surface area (Å²) >= 11 is 0. The van der Waals surface area contributed by atoms with Gasteiger partial charge in [-0.3, -0.25) is 4.90 Å². The molecule has 8 heteroatoms. The van der Waals surface area contributed by atoms with Crippen LogP contribution < -0.4 is 0 Å². The van der Waals surface area contributed by atoms with Crippen LogP contribution in [0.4, 0.5) is 13.2 Å². The zero-order valence-electron chi connectivity index (χ0n) is 20.1. The zero-order valence-corrected chi connectivity index (χ0v) is 20.1. The molecule has 0 unspecified atom stereocenters. The standard InChI is InChI=1S/C26H32F3N5/c1-18-21(5-4-20-12-19(14-30)13-24(18)20)16-33-10-7-22(8-11-33)34-23(17-32(2)3)15-31-25(34)6-9-26(27,28)29/h4-5,13,15,22H,6-12,16-17H2,1-3H3. The van der Waals surface area contributed by atoms with E-state index in [0.717, 1.165) is 50.2 Å². The molecule has 1 fully saturated rings. The topological polar surface area (TPSA) is 48.1 Å². The number of allylic oxidation sites excluding steroid dienone is 1. The molecular weight excluding hydrogens is 439 g/mol. The molecule has 2 heterocycles. The summed E-state index contributed by atoms with van der Waals surface area (Å²) in [5, 5.41) is 9.23. The number of rotatable bonds is 7. The largest absolute Gasteiger partial charge is 0.389 e. The number of aryl methyl sites for hydroxylation is 1. The van der Waals surface area contributed by atoms with Crippen LogP contribution in [0, 0.1) is 18.3 Å². The van der Waals surface area contributed by atoms with Gasteiger partial charge in [-0.25, -0.2) is 4.98 Å². The number of hydrogen-bond acceptors (Lipinski definition) is 4. The highest BCUT2D eigenvalue weighted by Gasteiger charge is 2.30. The number of likely N-dealkylation sites (tertiary alicyclic amines) is 1. The predicted molar refractivity (Wildman–Crippen MR) is 126 cm³/mol. The first-order valence-corrected chi connectivity index (χ1v) is 11.9. The van der Waals surface area contributed by atoms with Gasteiger partial charge in [0.05, 0.1) is 18.2 Å². The van der Waals surface area contributed by atoms with Gasteiger partial charge in [-0.15, -0.1) is 0 Å². The summed E-state index contributed by atoms with van der Waals surface area (Å²) in [7, 11) is 3.92. The van der Waals surface area contributed by atoms with Crippen molar-refractivity contribution in [2.45, 2.75) is 64.3 Å². The Labute approximate surface area is 199 Å². The van der Waals surface area contributed by atoms with Crippen molar-refractivity contribution in [3.8, 4) is 6.07 Å². The molecule has 1 aliphatic carbocycles. The van der Waals surface area contributed by atoms with E-state index >= 15 is 0 Å². The SMILES string of the molecule is Cc1c(CN2CCC(n3c(CN(C)C)cnc3CCC(F)(F)F)CC2)ccc2c1C=C(C#N)C2. The average molecular weight is 472 g/mol. The van der Waals surface area contributed by atoms with Gasteiger partial charge in [0.2, 0.25) is 0 Å². The number of nitriles is 1. The quantitative estimate of drug-likeness (QED) is 0.567. The molecule has 5 nitrogen and oxygen atoms in total. The third kappa shape index (κ3) is 5.53. The lowest BCUT2D eigenvalue weighted by atomic mass is 9.97. The monoisotopic (exact) mass is 471 g/mol. The van der Waals surface area contributed by atoms with Crippen LogP contribution in [0.25, 0.3) is 6.08 Å². The van der Waals surface area contributed by atoms with Crippen molar-refractivity contribution in [1.82, 2.24) is 19.4 Å². The first-order chi connectivity index (χ1) is 16.1. The Hall–Kier alpha value is -2.63. The van der Waals surface area contributed by atoms with Crippen molar-refractivity contribution < 1.29 is 13.2 Å². The maximum absolute atomic E-state index is 12.9. The average Bonchev–Trinajstić information content (AvgIpc) is 3.38. The van der Waals surface area contributed by atoms with Gasteiger partial charge in [0.1, 0.15) is 5.82 Å². The Bertz CT molecular complexity index is 1100. The Morgan fingerprint density at radius 2 is 1.94 bits per heavy atom. The Kier molecular flexibility index (Phi) is 7.15. The van der Waals surface area contributed by atoms with Crippen molar-refractivity contribution in [2.24, 2.45) is 0 Å². The van der Waals surface area contributed by atoms with Crippen LogP contribution in [0.2, 0.25) is 0 Å². The van der Waals surface area contributed by atoms with Crippen molar-refractivity contribution >= 4 is 6.08 Å². The minimum Gasteiger partial charge on any atom is -0.328 e. The van der Waals surface area contributed by atoms with Crippen molar-refractivity contribution in [2.75, 3.05) is 27.2 Å². The second-order valence-corrected chi connectivity index (χ2v) is 9.78. The lowest BCUT2D eigenvalue weighted by Gasteiger charge is -2.35. The maximum Gasteiger partial charge on any atom is 0.389 e. The van der Waals surface area contributed by atoms with Crippen molar-refractivity contribution in [3.05, 3.63) is 57.7 Å². The molecule has 0 bridgehead atoms. The van der Waals surface area contributed by atoms with Crippen molar-refractivity contribution in [3.63, 3.8) is 0 Å². The van der Waals surface area contributed by atoms with E-state index in [-0.39, 0.29) is 12.5 Å². The maximum atomic E-state index is 12.9. The minimum atomic E-state index is -4.18. The molecule has 34 heavy (non-hydrogen) atoms. The second-order valence-electron chi connectivity index (χ2n) is 9.78. The van der Waals surface area contributed by atoms with Crippen LogP contribution in [-0.2, 0) is 25.9 Å². The molecule has 4 rings (SSSR count). The Morgan fingerprint density at radius 3 is 2.59 bits per heavy atom. The molecule has 182 valence electrons. The normalized spacial score (nSPS) is 17.2. The minimum absolute atomic E-state index is 0.0797. The van der Waals surface area contributed by atoms with Crippen LogP contribution in [0.5, 0.6) is 0 Å². The number of alkyl halides is 3. The van der Waals surface area contributed by atoms with E-state index in [2.05, 4.69) is 39.6 Å². The molecule has 1 saturated heterocycles. The van der Waals surface area contributed by atoms with E-state index in [0.29, 0.717) is 12.4 Å². The first-order valence-electron chi connectivity index (χ1n) is 11.9. The van der Waals surface area contributed by atoms with Gasteiger partial charge < -0.3 is 9.47 Å². The first kappa shape index (κ1) is 24.5. The Balaban J connectivity index is 1.45. The zero-order chi connectivity index (χ0) is 24.5. The van der Waals surface area contributed by atoms with Gasteiger partial charge in [0.25, 0.3) is 0 Å². The number of aromatic nitrogens is 2. The molecule has 0 atom stereocenters. The summed E-state index contributed by atoms with van der Waals surface area (Å²) in [6.07, 6.45) is 1.14. The molecule has 2 aliphatic rings. The van der Waals surface area contributed by atoms with Crippen LogP contribution in [-0.4, -0.2) is 52.7 Å². The summed E-state index contributed by atoms with van der Waals surface area (Å²) in [4.78, 5) is 8.84. The smallest absolute Gasteiger partial charge is 0.328 e. The highest BCUT2D eigenvalue weighted by molar-refractivity contribution is 5.70. The third-order valence-corrected chi connectivity index (χ3v) is 6.94. The number of halogens is 3. The summed E-state index contributed by atoms with van der Waals surface area (Å²) in [6, 6.07) is 6.75. The number of benzene rings is 1. The number of imidazole rings is 1. The van der Waals surface area contributed by atoms with E-state index in [1.165, 1.54) is 22.3 Å². The molecule has 0 amide bonds. The fourth-order valence-electron chi connectivity index (χ4n) is 5.20. The molecule has 1 aliphatic heterocycles. The summed E-state index contributed by atoms with van der Waals surface area (Å²) in [6.45, 7) is 5.41. The van der Waals surface area contributed by atoms with Gasteiger partial charge in [-0.1, -0.05) is 12.1 Å². The number of nitrogens with zero attached hydrogens (tertiary/aromatic N) is 5. The second kappa shape index (κ2) is 9.93. The van der Waals surface area contributed by atoms with E-state index in [1.54, 1.807) is 6.20 Å². The summed E-state index contributed by atoms with van der Waals surface area (Å²) < 4.78 is 40.7. The fraction of sp³-hybridized carbons (Fsp3) is 0.538. The molecule has 0 saturated carbocycles. The number of piperidine rings is 1. The lowest BCUT2D eigenvalue weighted by Crippen LogP contribution is -2.35. The van der Waals surface area contributed by atoms with Crippen molar-refractivity contribution in [1.29, 1.82) is 5.26 Å². The van der Waals surface area contributed by atoms with Gasteiger partial charge in [0, 0.05) is 56.8 Å². The van der Waals surface area contributed by atoms with Gasteiger partial charge in [0.15, 0.2) is 0 Å². The fourth-order valence-corrected chi connectivity index (χ4v) is 5.20. The van der Waals surface area contributed by atoms with Crippen LogP contribution in [0.3, 0.4) is 0 Å². The summed E-state index contributed by atoms with van der Waals surface area (Å²) in [5.74, 6) is 0.544. The number of hydrogen-bond donors (Lipinski definition) is 0. The van der Waals surface area contributed by atoms with E-state index in [1.807, 2.05) is 25.1 Å². The Morgan fingerprint density at radius 1 is 1.21 bits per heavy atom. The highest BCUT2D eigenvalue weighted by Crippen LogP contribution is 2.32.